The SMILES string of the molecule is c1ccc(-c2cc(-c3ccc(-c4cccc5ccccc45)c4c(-c5cccc6ccccc56)cccc34)cc(-c3cc(-c4ccccc4)c4ccc5c(-c6cccc(-c7ccc(-c8cccc9ccccc89)c8c(-c9cccc%10ccccc9%10)cccc78)c6)cc(-c6ccccc6)c6ccc3c4c65)c2)cc1. The third kappa shape index (κ3) is 9.98. The summed E-state index contributed by atoms with van der Waals surface area (Å²) >= 11 is 0. The Labute approximate surface area is 615 Å². The van der Waals surface area contributed by atoms with Crippen molar-refractivity contribution in [2.75, 3.05) is 0 Å². The van der Waals surface area contributed by atoms with Crippen LogP contribution in [0.5, 0.6) is 0 Å². The molecule has 0 heterocycles. The molecule has 0 aliphatic carbocycles. The molecule has 0 saturated carbocycles. The average molecular weight is 1340 g/mol. The molecule has 0 heteroatoms. The van der Waals surface area contributed by atoms with Gasteiger partial charge in [-0.25, -0.2) is 0 Å². The van der Waals surface area contributed by atoms with E-state index in [1.54, 1.807) is 0 Å². The topological polar surface area (TPSA) is 0 Å². The maximum absolute atomic E-state index is 2.50. The summed E-state index contributed by atoms with van der Waals surface area (Å²) in [5.74, 6) is 0. The van der Waals surface area contributed by atoms with Crippen LogP contribution in [0.4, 0.5) is 0 Å². The molecule has 0 aliphatic heterocycles. The minimum absolute atomic E-state index is 1.15. The third-order valence-corrected chi connectivity index (χ3v) is 22.6. The van der Waals surface area contributed by atoms with Crippen LogP contribution in [0.3, 0.4) is 0 Å². The fourth-order valence-corrected chi connectivity index (χ4v) is 17.8. The van der Waals surface area contributed by atoms with Gasteiger partial charge in [0.1, 0.15) is 0 Å². The van der Waals surface area contributed by atoms with Crippen LogP contribution >= 0.6 is 0 Å². The van der Waals surface area contributed by atoms with Gasteiger partial charge in [0.15, 0.2) is 0 Å². The van der Waals surface area contributed by atoms with Crippen molar-refractivity contribution in [1.29, 1.82) is 0 Å². The molecule has 0 saturated heterocycles. The van der Waals surface area contributed by atoms with E-state index >= 15 is 0 Å². The summed E-state index contributed by atoms with van der Waals surface area (Å²) in [7, 11) is 0. The first-order valence-electron chi connectivity index (χ1n) is 36.9. The standard InChI is InChI=1S/C106H66/c1-4-25-67(26-5-1)76-62-77(84-54-56-94(88-48-22-38-71-34-13-17-44-82(71)88)104-90(84)50-24-52-92(104)86-46-20-36-69-32-11-15-42-80(69)86)64-78(63-76)102-66-100(73-29-8-3-9-30-73)96-57-59-97-101(65-99(72-27-6-2-7-28-72)95-58-60-98(102)106(96)105(95)97)75-40-18-39-74(61-75)83-53-55-93(87-47-21-37-70-33-12-16-43-81(70)87)103-89(83)49-23-51-91(103)85-45-19-35-68-31-10-14-41-79(68)85/h1-66H. The molecule has 0 aliphatic rings. The molecule has 21 rings (SSSR count). The van der Waals surface area contributed by atoms with E-state index in [1.165, 1.54) is 186 Å². The zero-order chi connectivity index (χ0) is 69.8. The molecule has 21 aromatic carbocycles. The first-order valence-corrected chi connectivity index (χ1v) is 36.9. The van der Waals surface area contributed by atoms with Crippen molar-refractivity contribution in [2.24, 2.45) is 0 Å². The molecule has 0 aromatic heterocycles. The Bertz CT molecular complexity index is 6910. The zero-order valence-electron chi connectivity index (χ0n) is 58.1. The molecule has 0 radical (unpaired) electrons. The summed E-state index contributed by atoms with van der Waals surface area (Å²) in [6.07, 6.45) is 0. The van der Waals surface area contributed by atoms with E-state index in [-0.39, 0.29) is 0 Å². The Balaban J connectivity index is 0.805. The summed E-state index contributed by atoms with van der Waals surface area (Å²) in [6, 6.07) is 150. The van der Waals surface area contributed by atoms with E-state index in [9.17, 15) is 0 Å². The van der Waals surface area contributed by atoms with Crippen LogP contribution in [0.1, 0.15) is 0 Å². The highest BCUT2D eigenvalue weighted by Crippen LogP contribution is 2.53. The highest BCUT2D eigenvalue weighted by molar-refractivity contribution is 6.32. The predicted molar refractivity (Wildman–Crippen MR) is 455 cm³/mol. The number of fused-ring (bicyclic) bond motifs is 6. The lowest BCUT2D eigenvalue weighted by Crippen LogP contribution is -1.95. The molecule has 0 fully saturated rings. The van der Waals surface area contributed by atoms with Gasteiger partial charge in [-0.1, -0.05) is 364 Å². The first kappa shape index (κ1) is 60.9. The van der Waals surface area contributed by atoms with Gasteiger partial charge in [-0.3, -0.25) is 0 Å². The number of hydrogen-bond acceptors (Lipinski definition) is 0. The Morgan fingerprint density at radius 2 is 0.330 bits per heavy atom. The van der Waals surface area contributed by atoms with Crippen LogP contribution in [0.25, 0.3) is 219 Å². The molecule has 0 atom stereocenters. The second kappa shape index (κ2) is 25.0. The second-order valence-electron chi connectivity index (χ2n) is 28.4. The van der Waals surface area contributed by atoms with Crippen LogP contribution in [-0.2, 0) is 0 Å². The summed E-state index contributed by atoms with van der Waals surface area (Å²) < 4.78 is 0. The van der Waals surface area contributed by atoms with E-state index in [1.807, 2.05) is 0 Å². The van der Waals surface area contributed by atoms with Crippen molar-refractivity contribution in [2.45, 2.75) is 0 Å². The van der Waals surface area contributed by atoms with E-state index < -0.39 is 0 Å². The summed E-state index contributed by atoms with van der Waals surface area (Å²) in [5, 5.41) is 22.1. The Hall–Kier alpha value is -13.8. The van der Waals surface area contributed by atoms with Gasteiger partial charge in [0.2, 0.25) is 0 Å². The molecule has 490 valence electrons. The number of hydrogen-bond donors (Lipinski definition) is 0. The van der Waals surface area contributed by atoms with E-state index in [0.29, 0.717) is 0 Å². The van der Waals surface area contributed by atoms with Crippen LogP contribution in [-0.4, -0.2) is 0 Å². The molecule has 0 N–H and O–H groups in total. The lowest BCUT2D eigenvalue weighted by atomic mass is 9.81. The minimum Gasteiger partial charge on any atom is -0.0622 e. The lowest BCUT2D eigenvalue weighted by Gasteiger charge is -2.22. The second-order valence-corrected chi connectivity index (χ2v) is 28.4. The maximum atomic E-state index is 2.50. The number of benzene rings is 21. The van der Waals surface area contributed by atoms with Gasteiger partial charge in [-0.2, -0.15) is 0 Å². The average Bonchev–Trinajstić information content (AvgIpc) is 0.706. The summed E-state index contributed by atoms with van der Waals surface area (Å²) in [6.45, 7) is 0. The monoisotopic (exact) mass is 1340 g/mol. The molecule has 106 heavy (non-hydrogen) atoms. The molecule has 0 nitrogen and oxygen atoms in total. The van der Waals surface area contributed by atoms with E-state index in [4.69, 9.17) is 0 Å². The van der Waals surface area contributed by atoms with Gasteiger partial charge in [0, 0.05) is 0 Å². The first-order chi connectivity index (χ1) is 52.6. The quantitative estimate of drug-likeness (QED) is 0.113. The van der Waals surface area contributed by atoms with Gasteiger partial charge in [-0.05, 0) is 256 Å². The number of rotatable bonds is 11. The molecule has 0 spiro atoms. The van der Waals surface area contributed by atoms with Crippen LogP contribution in [0, 0.1) is 0 Å². The van der Waals surface area contributed by atoms with Gasteiger partial charge < -0.3 is 0 Å². The van der Waals surface area contributed by atoms with Crippen molar-refractivity contribution < 1.29 is 0 Å². The highest BCUT2D eigenvalue weighted by atomic mass is 14.3. The van der Waals surface area contributed by atoms with E-state index in [2.05, 4.69) is 400 Å². The van der Waals surface area contributed by atoms with Crippen molar-refractivity contribution in [3.8, 4) is 122 Å². The Kier molecular flexibility index (Phi) is 14.4. The van der Waals surface area contributed by atoms with Gasteiger partial charge in [0.25, 0.3) is 0 Å². The smallest absolute Gasteiger partial charge is 0.00139 e. The van der Waals surface area contributed by atoms with Crippen molar-refractivity contribution in [3.63, 3.8) is 0 Å². The van der Waals surface area contributed by atoms with Gasteiger partial charge in [-0.15, -0.1) is 0 Å². The van der Waals surface area contributed by atoms with Crippen molar-refractivity contribution >= 4 is 97.0 Å². The fourth-order valence-electron chi connectivity index (χ4n) is 17.8. The van der Waals surface area contributed by atoms with E-state index in [0.717, 1.165) is 33.4 Å². The molecule has 0 bridgehead atoms. The zero-order valence-corrected chi connectivity index (χ0v) is 58.1. The molecule has 21 aromatic rings. The van der Waals surface area contributed by atoms with Gasteiger partial charge >= 0.3 is 0 Å². The van der Waals surface area contributed by atoms with Crippen LogP contribution in [0.2, 0.25) is 0 Å². The maximum Gasteiger partial charge on any atom is -0.00139 e. The fraction of sp³-hybridized carbons (Fsp3) is 0. The van der Waals surface area contributed by atoms with Gasteiger partial charge in [0.05, 0.1) is 0 Å². The Morgan fingerprint density at radius 1 is 0.0943 bits per heavy atom. The lowest BCUT2D eigenvalue weighted by molar-refractivity contribution is 1.58. The van der Waals surface area contributed by atoms with Crippen LogP contribution < -0.4 is 0 Å². The minimum atomic E-state index is 1.15. The molecular formula is C106H66. The molecule has 0 amide bonds. The molecular weight excluding hydrogens is 1270 g/mol. The summed E-state index contributed by atoms with van der Waals surface area (Å²) in [4.78, 5) is 0. The van der Waals surface area contributed by atoms with Crippen molar-refractivity contribution in [1.82, 2.24) is 0 Å². The largest absolute Gasteiger partial charge is 0.0622 e. The normalized spacial score (nSPS) is 11.8. The third-order valence-electron chi connectivity index (χ3n) is 22.6. The molecule has 0 unspecified atom stereocenters. The highest BCUT2D eigenvalue weighted by Gasteiger charge is 2.25. The Morgan fingerprint density at radius 3 is 0.745 bits per heavy atom. The van der Waals surface area contributed by atoms with Crippen molar-refractivity contribution in [3.05, 3.63) is 400 Å². The summed E-state index contributed by atoms with van der Waals surface area (Å²) in [5.41, 5.74) is 26.2. The predicted octanol–water partition coefficient (Wildman–Crippen LogP) is 29.8. The van der Waals surface area contributed by atoms with Crippen LogP contribution in [0.15, 0.2) is 400 Å².